The zero-order valence-electron chi connectivity index (χ0n) is 10.4. The molecule has 96 valence electrons. The van der Waals surface area contributed by atoms with Crippen molar-refractivity contribution >= 4 is 11.3 Å². The van der Waals surface area contributed by atoms with E-state index in [1.807, 2.05) is 23.7 Å². The molecule has 1 fully saturated rings. The van der Waals surface area contributed by atoms with Crippen molar-refractivity contribution in [2.45, 2.75) is 38.3 Å². The monoisotopic (exact) mass is 261 g/mol. The lowest BCUT2D eigenvalue weighted by Crippen LogP contribution is -2.26. The van der Waals surface area contributed by atoms with Crippen LogP contribution in [0.3, 0.4) is 0 Å². The van der Waals surface area contributed by atoms with Crippen LogP contribution in [-0.4, -0.2) is 9.97 Å². The summed E-state index contributed by atoms with van der Waals surface area (Å²) < 4.78 is 0. The van der Waals surface area contributed by atoms with Gasteiger partial charge in [-0.15, -0.1) is 11.3 Å². The van der Waals surface area contributed by atoms with Crippen LogP contribution in [0.5, 0.6) is 0 Å². The summed E-state index contributed by atoms with van der Waals surface area (Å²) in [5.74, 6) is 1.81. The van der Waals surface area contributed by atoms with E-state index in [0.29, 0.717) is 6.04 Å². The first-order valence-corrected chi connectivity index (χ1v) is 7.56. The second kappa shape index (κ2) is 5.67. The van der Waals surface area contributed by atoms with E-state index in [1.54, 1.807) is 0 Å². The van der Waals surface area contributed by atoms with Crippen LogP contribution in [0.4, 0.5) is 0 Å². The fourth-order valence-electron chi connectivity index (χ4n) is 2.86. The topological polar surface area (TPSA) is 40.7 Å². The normalized spacial score (nSPS) is 18.2. The second-order valence-electron chi connectivity index (χ2n) is 4.95. The van der Waals surface area contributed by atoms with Crippen LogP contribution in [0, 0.1) is 5.92 Å². The summed E-state index contributed by atoms with van der Waals surface area (Å²) in [4.78, 5) is 8.91. The number of hydrogen-bond donors (Lipinski definition) is 2. The van der Waals surface area contributed by atoms with Crippen molar-refractivity contribution in [1.29, 1.82) is 0 Å². The third kappa shape index (κ3) is 2.65. The molecule has 0 aliphatic heterocycles. The number of thiophene rings is 1. The molecule has 0 bridgehead atoms. The van der Waals surface area contributed by atoms with Gasteiger partial charge in [-0.1, -0.05) is 18.9 Å². The van der Waals surface area contributed by atoms with Gasteiger partial charge in [-0.25, -0.2) is 4.98 Å². The van der Waals surface area contributed by atoms with Gasteiger partial charge >= 0.3 is 0 Å². The fraction of sp³-hybridized carbons (Fsp3) is 0.500. The Morgan fingerprint density at radius 1 is 1.44 bits per heavy atom. The predicted molar refractivity (Wildman–Crippen MR) is 74.4 cm³/mol. The van der Waals surface area contributed by atoms with Gasteiger partial charge in [0.05, 0.1) is 6.54 Å². The van der Waals surface area contributed by atoms with E-state index in [4.69, 9.17) is 0 Å². The first-order chi connectivity index (χ1) is 8.93. The molecule has 0 amide bonds. The Balaban J connectivity index is 1.69. The molecule has 0 unspecified atom stereocenters. The van der Waals surface area contributed by atoms with E-state index in [-0.39, 0.29) is 0 Å². The van der Waals surface area contributed by atoms with Gasteiger partial charge in [0.1, 0.15) is 5.82 Å². The molecule has 1 saturated carbocycles. The highest BCUT2D eigenvalue weighted by atomic mass is 32.1. The largest absolute Gasteiger partial charge is 0.348 e. The Labute approximate surface area is 112 Å². The van der Waals surface area contributed by atoms with Crippen molar-refractivity contribution in [2.75, 3.05) is 0 Å². The SMILES string of the molecule is c1csc([C@@H](NCc2ncc[nH]2)C2CCCC2)c1. The number of H-pyrrole nitrogens is 1. The third-order valence-corrected chi connectivity index (χ3v) is 4.72. The molecule has 2 aromatic heterocycles. The molecule has 3 nitrogen and oxygen atoms in total. The highest BCUT2D eigenvalue weighted by Gasteiger charge is 2.26. The summed E-state index contributed by atoms with van der Waals surface area (Å²) in [6.45, 7) is 0.825. The molecule has 1 aliphatic carbocycles. The molecule has 1 atom stereocenters. The summed E-state index contributed by atoms with van der Waals surface area (Å²) in [6.07, 6.45) is 9.17. The summed E-state index contributed by atoms with van der Waals surface area (Å²) in [6, 6.07) is 4.90. The maximum atomic E-state index is 4.28. The molecule has 1 aliphatic rings. The molecular formula is C14H19N3S. The lowest BCUT2D eigenvalue weighted by atomic mass is 9.97. The van der Waals surface area contributed by atoms with E-state index in [0.717, 1.165) is 18.3 Å². The van der Waals surface area contributed by atoms with Gasteiger partial charge in [0.2, 0.25) is 0 Å². The zero-order valence-corrected chi connectivity index (χ0v) is 11.2. The number of hydrogen-bond acceptors (Lipinski definition) is 3. The number of aromatic amines is 1. The van der Waals surface area contributed by atoms with Gasteiger partial charge in [-0.2, -0.15) is 0 Å². The van der Waals surface area contributed by atoms with Gasteiger partial charge in [0.15, 0.2) is 0 Å². The number of nitrogens with zero attached hydrogens (tertiary/aromatic N) is 1. The van der Waals surface area contributed by atoms with Crippen molar-refractivity contribution in [3.8, 4) is 0 Å². The van der Waals surface area contributed by atoms with E-state index >= 15 is 0 Å². The Kier molecular flexibility index (Phi) is 3.76. The van der Waals surface area contributed by atoms with Crippen molar-refractivity contribution in [3.05, 3.63) is 40.6 Å². The second-order valence-corrected chi connectivity index (χ2v) is 5.93. The minimum atomic E-state index is 0.498. The smallest absolute Gasteiger partial charge is 0.120 e. The molecule has 18 heavy (non-hydrogen) atoms. The molecule has 0 saturated heterocycles. The van der Waals surface area contributed by atoms with Gasteiger partial charge < -0.3 is 10.3 Å². The van der Waals surface area contributed by atoms with Gasteiger partial charge in [-0.3, -0.25) is 0 Å². The van der Waals surface area contributed by atoms with E-state index in [1.165, 1.54) is 30.6 Å². The van der Waals surface area contributed by atoms with Crippen molar-refractivity contribution in [3.63, 3.8) is 0 Å². The summed E-state index contributed by atoms with van der Waals surface area (Å²) in [5.41, 5.74) is 0. The predicted octanol–water partition coefficient (Wildman–Crippen LogP) is 3.49. The van der Waals surface area contributed by atoms with E-state index in [9.17, 15) is 0 Å². The fourth-order valence-corrected chi connectivity index (χ4v) is 3.75. The van der Waals surface area contributed by atoms with Gasteiger partial charge in [-0.05, 0) is 30.2 Å². The standard InChI is InChI=1S/C14H19N3S/c1-2-5-11(4-1)14(12-6-3-9-18-12)17-10-13-15-7-8-16-13/h3,6-9,11,14,17H,1-2,4-5,10H2,(H,15,16)/t14-/m0/s1. The minimum absolute atomic E-state index is 0.498. The molecule has 0 spiro atoms. The Hall–Kier alpha value is -1.13. The average Bonchev–Trinajstić information content (AvgIpc) is 3.14. The molecule has 2 aromatic rings. The molecule has 4 heteroatoms. The summed E-state index contributed by atoms with van der Waals surface area (Å²) in [5, 5.41) is 5.86. The van der Waals surface area contributed by atoms with Crippen LogP contribution in [0.1, 0.15) is 42.4 Å². The highest BCUT2D eigenvalue weighted by molar-refractivity contribution is 7.10. The van der Waals surface area contributed by atoms with Crippen LogP contribution in [-0.2, 0) is 6.54 Å². The Morgan fingerprint density at radius 2 is 2.33 bits per heavy atom. The van der Waals surface area contributed by atoms with Gasteiger partial charge in [0.25, 0.3) is 0 Å². The maximum Gasteiger partial charge on any atom is 0.120 e. The maximum absolute atomic E-state index is 4.28. The summed E-state index contributed by atoms with van der Waals surface area (Å²) in [7, 11) is 0. The lowest BCUT2D eigenvalue weighted by Gasteiger charge is -2.23. The highest BCUT2D eigenvalue weighted by Crippen LogP contribution is 2.37. The zero-order chi connectivity index (χ0) is 12.2. The molecule has 2 heterocycles. The molecular weight excluding hydrogens is 242 g/mol. The van der Waals surface area contributed by atoms with E-state index < -0.39 is 0 Å². The third-order valence-electron chi connectivity index (χ3n) is 3.77. The van der Waals surface area contributed by atoms with Crippen molar-refractivity contribution < 1.29 is 0 Å². The Morgan fingerprint density at radius 3 is 3.00 bits per heavy atom. The van der Waals surface area contributed by atoms with Gasteiger partial charge in [0, 0.05) is 23.3 Å². The Bertz CT molecular complexity index is 443. The number of rotatable bonds is 5. The minimum Gasteiger partial charge on any atom is -0.348 e. The molecule has 0 radical (unpaired) electrons. The number of imidazole rings is 1. The van der Waals surface area contributed by atoms with Crippen LogP contribution >= 0.6 is 11.3 Å². The van der Waals surface area contributed by atoms with Crippen LogP contribution in [0.25, 0.3) is 0 Å². The molecule has 3 rings (SSSR count). The quantitative estimate of drug-likeness (QED) is 0.865. The first kappa shape index (κ1) is 11.9. The lowest BCUT2D eigenvalue weighted by molar-refractivity contribution is 0.368. The number of aromatic nitrogens is 2. The van der Waals surface area contributed by atoms with Crippen LogP contribution in [0.15, 0.2) is 29.9 Å². The molecule has 0 aromatic carbocycles. The number of nitrogens with one attached hydrogen (secondary N) is 2. The molecule has 2 N–H and O–H groups in total. The summed E-state index contributed by atoms with van der Waals surface area (Å²) >= 11 is 1.86. The van der Waals surface area contributed by atoms with Crippen molar-refractivity contribution in [1.82, 2.24) is 15.3 Å². The van der Waals surface area contributed by atoms with Crippen LogP contribution < -0.4 is 5.32 Å². The first-order valence-electron chi connectivity index (χ1n) is 6.68. The van der Waals surface area contributed by atoms with Crippen LogP contribution in [0.2, 0.25) is 0 Å². The average molecular weight is 261 g/mol. The van der Waals surface area contributed by atoms with E-state index in [2.05, 4.69) is 32.8 Å². The van der Waals surface area contributed by atoms with Crippen molar-refractivity contribution in [2.24, 2.45) is 5.92 Å².